The zero-order chi connectivity index (χ0) is 12.3. The first-order valence-corrected chi connectivity index (χ1v) is 4.96. The van der Waals surface area contributed by atoms with E-state index < -0.39 is 5.97 Å². The Morgan fingerprint density at radius 2 is 2.24 bits per heavy atom. The van der Waals surface area contributed by atoms with Crippen molar-refractivity contribution in [3.05, 3.63) is 30.5 Å². The minimum atomic E-state index is -0.966. The Hall–Kier alpha value is -2.37. The summed E-state index contributed by atoms with van der Waals surface area (Å²) < 4.78 is 6.53. The summed E-state index contributed by atoms with van der Waals surface area (Å²) in [6.07, 6.45) is 1.51. The maximum Gasteiger partial charge on any atom is 0.325 e. The number of aromatic nitrogens is 3. The molecular formula is C11H11N3O3. The minimum Gasteiger partial charge on any atom is -0.496 e. The largest absolute Gasteiger partial charge is 0.496 e. The van der Waals surface area contributed by atoms with Crippen molar-refractivity contribution in [2.75, 3.05) is 7.11 Å². The highest BCUT2D eigenvalue weighted by molar-refractivity contribution is 5.70. The lowest BCUT2D eigenvalue weighted by Gasteiger charge is -2.08. The lowest BCUT2D eigenvalue weighted by molar-refractivity contribution is -0.137. The van der Waals surface area contributed by atoms with Crippen LogP contribution >= 0.6 is 0 Å². The molecule has 0 aliphatic heterocycles. The molecule has 1 aromatic heterocycles. The van der Waals surface area contributed by atoms with Crippen LogP contribution in [0.3, 0.4) is 0 Å². The van der Waals surface area contributed by atoms with Crippen LogP contribution in [0.25, 0.3) is 11.3 Å². The van der Waals surface area contributed by atoms with E-state index in [-0.39, 0.29) is 6.54 Å². The lowest BCUT2D eigenvalue weighted by atomic mass is 10.1. The van der Waals surface area contributed by atoms with Gasteiger partial charge in [-0.2, -0.15) is 0 Å². The molecule has 6 nitrogen and oxygen atoms in total. The van der Waals surface area contributed by atoms with Gasteiger partial charge in [0.15, 0.2) is 0 Å². The fraction of sp³-hybridized carbons (Fsp3) is 0.182. The zero-order valence-electron chi connectivity index (χ0n) is 9.20. The van der Waals surface area contributed by atoms with Gasteiger partial charge in [0.05, 0.1) is 19.0 Å². The van der Waals surface area contributed by atoms with E-state index in [4.69, 9.17) is 9.84 Å². The molecule has 0 saturated carbocycles. The number of hydrogen-bond donors (Lipinski definition) is 1. The van der Waals surface area contributed by atoms with Gasteiger partial charge in [-0.05, 0) is 12.1 Å². The summed E-state index contributed by atoms with van der Waals surface area (Å²) in [6.45, 7) is -0.229. The summed E-state index contributed by atoms with van der Waals surface area (Å²) in [6, 6.07) is 7.31. The molecule has 0 fully saturated rings. The molecule has 1 N–H and O–H groups in total. The number of ether oxygens (including phenoxy) is 1. The summed E-state index contributed by atoms with van der Waals surface area (Å²) in [5.41, 5.74) is 1.38. The van der Waals surface area contributed by atoms with Gasteiger partial charge in [0.1, 0.15) is 12.3 Å². The highest BCUT2D eigenvalue weighted by Gasteiger charge is 2.12. The van der Waals surface area contributed by atoms with Gasteiger partial charge in [-0.25, -0.2) is 4.68 Å². The summed E-state index contributed by atoms with van der Waals surface area (Å²) in [7, 11) is 1.56. The lowest BCUT2D eigenvalue weighted by Crippen LogP contribution is -2.11. The van der Waals surface area contributed by atoms with E-state index in [0.29, 0.717) is 11.4 Å². The Bertz CT molecular complexity index is 536. The minimum absolute atomic E-state index is 0.229. The standard InChI is InChI=1S/C11H11N3O3/c1-17-10-5-3-2-4-8(10)9-6-12-13-14(9)7-11(15)16/h2-6H,7H2,1H3,(H,15,16). The highest BCUT2D eigenvalue weighted by atomic mass is 16.5. The van der Waals surface area contributed by atoms with E-state index in [9.17, 15) is 4.79 Å². The van der Waals surface area contributed by atoms with Gasteiger partial charge in [0.25, 0.3) is 0 Å². The first-order valence-electron chi connectivity index (χ1n) is 4.96. The van der Waals surface area contributed by atoms with Gasteiger partial charge in [-0.15, -0.1) is 5.10 Å². The van der Waals surface area contributed by atoms with Crippen molar-refractivity contribution in [2.45, 2.75) is 6.54 Å². The predicted molar refractivity (Wildman–Crippen MR) is 59.6 cm³/mol. The SMILES string of the molecule is COc1ccccc1-c1cnnn1CC(=O)O. The van der Waals surface area contributed by atoms with Crippen LogP contribution < -0.4 is 4.74 Å². The van der Waals surface area contributed by atoms with Crippen LogP contribution in [0.2, 0.25) is 0 Å². The number of carboxylic acid groups (broad SMARTS) is 1. The van der Waals surface area contributed by atoms with E-state index in [2.05, 4.69) is 10.3 Å². The molecule has 0 bridgehead atoms. The second-order valence-electron chi connectivity index (χ2n) is 3.37. The maximum atomic E-state index is 10.7. The molecule has 2 rings (SSSR count). The predicted octanol–water partition coefficient (Wildman–Crippen LogP) is 1.04. The van der Waals surface area contributed by atoms with Gasteiger partial charge in [-0.3, -0.25) is 4.79 Å². The number of carboxylic acids is 1. The summed E-state index contributed by atoms with van der Waals surface area (Å²) >= 11 is 0. The first kappa shape index (κ1) is 11.1. The molecule has 1 aromatic carbocycles. The van der Waals surface area contributed by atoms with Gasteiger partial charge < -0.3 is 9.84 Å². The number of methoxy groups -OCH3 is 1. The molecule has 17 heavy (non-hydrogen) atoms. The second-order valence-corrected chi connectivity index (χ2v) is 3.37. The summed E-state index contributed by atoms with van der Waals surface area (Å²) in [4.78, 5) is 10.7. The molecule has 88 valence electrons. The van der Waals surface area contributed by atoms with Gasteiger partial charge in [-0.1, -0.05) is 17.3 Å². The van der Waals surface area contributed by atoms with Gasteiger partial charge in [0, 0.05) is 5.56 Å². The molecule has 0 amide bonds. The van der Waals surface area contributed by atoms with Crippen LogP contribution in [0.15, 0.2) is 30.5 Å². The third-order valence-electron chi connectivity index (χ3n) is 2.29. The quantitative estimate of drug-likeness (QED) is 0.853. The molecule has 6 heteroatoms. The molecular weight excluding hydrogens is 222 g/mol. The Kier molecular flexibility index (Phi) is 3.04. The molecule has 0 spiro atoms. The smallest absolute Gasteiger partial charge is 0.325 e. The number of benzene rings is 1. The fourth-order valence-corrected chi connectivity index (χ4v) is 1.57. The summed E-state index contributed by atoms with van der Waals surface area (Å²) in [5.74, 6) is -0.312. The number of hydrogen-bond acceptors (Lipinski definition) is 4. The number of aliphatic carboxylic acids is 1. The number of carbonyl (C=O) groups is 1. The van der Waals surface area contributed by atoms with Crippen LogP contribution in [0.4, 0.5) is 0 Å². The molecule has 0 aliphatic rings. The van der Waals surface area contributed by atoms with E-state index in [1.165, 1.54) is 10.9 Å². The molecule has 0 unspecified atom stereocenters. The monoisotopic (exact) mass is 233 g/mol. The highest BCUT2D eigenvalue weighted by Crippen LogP contribution is 2.28. The molecule has 0 saturated heterocycles. The average Bonchev–Trinajstić information content (AvgIpc) is 2.76. The molecule has 0 aliphatic carbocycles. The van der Waals surface area contributed by atoms with Crippen molar-refractivity contribution in [2.24, 2.45) is 0 Å². The normalized spacial score (nSPS) is 10.2. The van der Waals surface area contributed by atoms with E-state index in [1.54, 1.807) is 13.2 Å². The van der Waals surface area contributed by atoms with Crippen molar-refractivity contribution in [3.8, 4) is 17.0 Å². The molecule has 1 heterocycles. The van der Waals surface area contributed by atoms with Crippen molar-refractivity contribution in [3.63, 3.8) is 0 Å². The topological polar surface area (TPSA) is 77.2 Å². The Morgan fingerprint density at radius 1 is 1.47 bits per heavy atom. The van der Waals surface area contributed by atoms with Crippen LogP contribution in [-0.2, 0) is 11.3 Å². The number of para-hydroxylation sites is 1. The Morgan fingerprint density at radius 3 is 2.94 bits per heavy atom. The second kappa shape index (κ2) is 4.65. The number of rotatable bonds is 4. The van der Waals surface area contributed by atoms with Crippen LogP contribution in [0.5, 0.6) is 5.75 Å². The third kappa shape index (κ3) is 2.25. The van der Waals surface area contributed by atoms with E-state index in [0.717, 1.165) is 5.56 Å². The Labute approximate surface area is 97.4 Å². The molecule has 0 atom stereocenters. The van der Waals surface area contributed by atoms with Crippen LogP contribution in [-0.4, -0.2) is 33.2 Å². The van der Waals surface area contributed by atoms with Crippen LogP contribution in [0.1, 0.15) is 0 Å². The van der Waals surface area contributed by atoms with Crippen molar-refractivity contribution < 1.29 is 14.6 Å². The fourth-order valence-electron chi connectivity index (χ4n) is 1.57. The van der Waals surface area contributed by atoms with Gasteiger partial charge in [0.2, 0.25) is 0 Å². The maximum absolute atomic E-state index is 10.7. The van der Waals surface area contributed by atoms with Crippen molar-refractivity contribution in [1.29, 1.82) is 0 Å². The van der Waals surface area contributed by atoms with E-state index >= 15 is 0 Å². The molecule has 2 aromatic rings. The zero-order valence-corrected chi connectivity index (χ0v) is 9.20. The van der Waals surface area contributed by atoms with Crippen molar-refractivity contribution >= 4 is 5.97 Å². The molecule has 0 radical (unpaired) electrons. The summed E-state index contributed by atoms with van der Waals surface area (Å²) in [5, 5.41) is 16.2. The Balaban J connectivity index is 2.46. The average molecular weight is 233 g/mol. The van der Waals surface area contributed by atoms with Crippen molar-refractivity contribution in [1.82, 2.24) is 15.0 Å². The third-order valence-corrected chi connectivity index (χ3v) is 2.29. The number of nitrogens with zero attached hydrogens (tertiary/aromatic N) is 3. The first-order chi connectivity index (χ1) is 8.22. The van der Waals surface area contributed by atoms with Gasteiger partial charge >= 0.3 is 5.97 Å². The van der Waals surface area contributed by atoms with Crippen LogP contribution in [0, 0.1) is 0 Å². The van der Waals surface area contributed by atoms with E-state index in [1.807, 2.05) is 18.2 Å².